The molecule has 1 aliphatic heterocycles. The molecule has 7 heteroatoms. The first-order chi connectivity index (χ1) is 15.3. The third-order valence-electron chi connectivity index (χ3n) is 5.45. The van der Waals surface area contributed by atoms with Gasteiger partial charge in [-0.3, -0.25) is 9.78 Å². The predicted octanol–water partition coefficient (Wildman–Crippen LogP) is 3.29. The van der Waals surface area contributed by atoms with E-state index in [4.69, 9.17) is 0 Å². The highest BCUT2D eigenvalue weighted by Gasteiger charge is 2.23. The van der Waals surface area contributed by atoms with Crippen LogP contribution in [0.4, 0.5) is 5.82 Å². The smallest absolute Gasteiger partial charge is 0.255 e. The van der Waals surface area contributed by atoms with Gasteiger partial charge in [-0.25, -0.2) is 9.67 Å². The number of pyridine rings is 2. The van der Waals surface area contributed by atoms with Crippen LogP contribution in [-0.2, 0) is 0 Å². The third kappa shape index (κ3) is 4.02. The van der Waals surface area contributed by atoms with Crippen molar-refractivity contribution in [2.75, 3.05) is 31.1 Å². The van der Waals surface area contributed by atoms with Crippen LogP contribution in [0.5, 0.6) is 0 Å². The van der Waals surface area contributed by atoms with E-state index in [1.54, 1.807) is 18.6 Å². The van der Waals surface area contributed by atoms with Gasteiger partial charge in [0.2, 0.25) is 0 Å². The molecule has 7 nitrogen and oxygen atoms in total. The minimum absolute atomic E-state index is 0.0136. The van der Waals surface area contributed by atoms with E-state index in [1.165, 1.54) is 0 Å². The minimum Gasteiger partial charge on any atom is -0.353 e. The number of amides is 1. The fraction of sp³-hybridized carbons (Fsp3) is 0.167. The predicted molar refractivity (Wildman–Crippen MR) is 119 cm³/mol. The van der Waals surface area contributed by atoms with Gasteiger partial charge in [0.15, 0.2) is 0 Å². The fourth-order valence-electron chi connectivity index (χ4n) is 3.73. The molecule has 0 bridgehead atoms. The van der Waals surface area contributed by atoms with E-state index < -0.39 is 0 Å². The molecule has 0 atom stereocenters. The lowest BCUT2D eigenvalue weighted by Crippen LogP contribution is -2.49. The molecule has 1 amide bonds. The summed E-state index contributed by atoms with van der Waals surface area (Å²) >= 11 is 0. The van der Waals surface area contributed by atoms with E-state index in [1.807, 2.05) is 76.4 Å². The Balaban J connectivity index is 1.24. The normalized spacial score (nSPS) is 13.9. The second-order valence-corrected chi connectivity index (χ2v) is 7.41. The molecule has 0 N–H and O–H groups in total. The van der Waals surface area contributed by atoms with E-state index >= 15 is 0 Å². The molecule has 4 heterocycles. The van der Waals surface area contributed by atoms with Crippen LogP contribution >= 0.6 is 0 Å². The molecule has 0 aliphatic carbocycles. The molecule has 0 saturated carbocycles. The van der Waals surface area contributed by atoms with Crippen LogP contribution in [0.1, 0.15) is 10.4 Å². The summed E-state index contributed by atoms with van der Waals surface area (Å²) in [6.07, 6.45) is 7.18. The number of hydrogen-bond donors (Lipinski definition) is 0. The van der Waals surface area contributed by atoms with Crippen LogP contribution in [0.15, 0.2) is 85.5 Å². The molecular formula is C24H22N6O. The highest BCUT2D eigenvalue weighted by Crippen LogP contribution is 2.19. The maximum absolute atomic E-state index is 12.9. The molecule has 1 fully saturated rings. The Kier molecular flexibility index (Phi) is 5.14. The Morgan fingerprint density at radius 2 is 1.61 bits per heavy atom. The summed E-state index contributed by atoms with van der Waals surface area (Å²) in [5.74, 6) is 0.969. The van der Waals surface area contributed by atoms with Crippen molar-refractivity contribution >= 4 is 11.7 Å². The molecule has 0 radical (unpaired) electrons. The molecule has 3 aromatic heterocycles. The first-order valence-electron chi connectivity index (χ1n) is 10.3. The lowest BCUT2D eigenvalue weighted by atomic mass is 10.1. The SMILES string of the molecule is O=C(c1ccc(-c2cnn(-c3ccccc3)c2)nc1)N1CCN(c2ccccn2)CC1. The summed E-state index contributed by atoms with van der Waals surface area (Å²) in [5, 5.41) is 4.42. The molecule has 154 valence electrons. The molecule has 5 rings (SSSR count). The summed E-state index contributed by atoms with van der Waals surface area (Å²) < 4.78 is 1.82. The van der Waals surface area contributed by atoms with Gasteiger partial charge >= 0.3 is 0 Å². The largest absolute Gasteiger partial charge is 0.353 e. The molecular weight excluding hydrogens is 388 g/mol. The number of anilines is 1. The summed E-state index contributed by atoms with van der Waals surface area (Å²) in [6.45, 7) is 2.88. The fourth-order valence-corrected chi connectivity index (χ4v) is 3.73. The van der Waals surface area contributed by atoms with Crippen molar-refractivity contribution in [2.24, 2.45) is 0 Å². The van der Waals surface area contributed by atoms with E-state index in [0.717, 1.165) is 35.9 Å². The molecule has 31 heavy (non-hydrogen) atoms. The van der Waals surface area contributed by atoms with Gasteiger partial charge in [-0.1, -0.05) is 24.3 Å². The van der Waals surface area contributed by atoms with Crippen molar-refractivity contribution < 1.29 is 4.79 Å². The molecule has 1 saturated heterocycles. The Labute approximate surface area is 180 Å². The lowest BCUT2D eigenvalue weighted by molar-refractivity contribution is 0.0746. The van der Waals surface area contributed by atoms with Gasteiger partial charge in [-0.15, -0.1) is 0 Å². The first-order valence-corrected chi connectivity index (χ1v) is 10.3. The molecule has 1 aromatic carbocycles. The van der Waals surface area contributed by atoms with Crippen LogP contribution in [0.25, 0.3) is 16.9 Å². The quantitative estimate of drug-likeness (QED) is 0.517. The Bertz CT molecular complexity index is 1150. The van der Waals surface area contributed by atoms with Gasteiger partial charge in [0.1, 0.15) is 5.82 Å². The number of carbonyl (C=O) groups is 1. The standard InChI is InChI=1S/C24H22N6O/c31-24(29-14-12-28(13-15-29)23-8-4-5-11-25-23)19-9-10-22(26-16-19)20-17-27-30(18-20)21-6-2-1-3-7-21/h1-11,16-18H,12-15H2. The van der Waals surface area contributed by atoms with Gasteiger partial charge < -0.3 is 9.80 Å². The van der Waals surface area contributed by atoms with Gasteiger partial charge in [0.05, 0.1) is 23.1 Å². The molecule has 0 unspecified atom stereocenters. The van der Waals surface area contributed by atoms with Gasteiger partial charge in [0, 0.05) is 50.3 Å². The summed E-state index contributed by atoms with van der Waals surface area (Å²) in [4.78, 5) is 25.9. The zero-order valence-electron chi connectivity index (χ0n) is 17.0. The Morgan fingerprint density at radius 3 is 2.32 bits per heavy atom. The molecule has 1 aliphatic rings. The van der Waals surface area contributed by atoms with Crippen LogP contribution < -0.4 is 4.90 Å². The number of carbonyl (C=O) groups excluding carboxylic acids is 1. The maximum Gasteiger partial charge on any atom is 0.255 e. The Morgan fingerprint density at radius 1 is 0.806 bits per heavy atom. The van der Waals surface area contributed by atoms with Gasteiger partial charge in [0.25, 0.3) is 5.91 Å². The number of aromatic nitrogens is 4. The van der Waals surface area contributed by atoms with Crippen molar-refractivity contribution in [1.82, 2.24) is 24.6 Å². The third-order valence-corrected chi connectivity index (χ3v) is 5.45. The number of hydrogen-bond acceptors (Lipinski definition) is 5. The highest BCUT2D eigenvalue weighted by molar-refractivity contribution is 5.94. The maximum atomic E-state index is 12.9. The van der Waals surface area contributed by atoms with Crippen LogP contribution in [0.2, 0.25) is 0 Å². The van der Waals surface area contributed by atoms with Crippen molar-refractivity contribution in [3.05, 3.63) is 91.0 Å². The second-order valence-electron chi connectivity index (χ2n) is 7.41. The van der Waals surface area contributed by atoms with Crippen molar-refractivity contribution in [3.8, 4) is 16.9 Å². The zero-order chi connectivity index (χ0) is 21.0. The molecule has 0 spiro atoms. The lowest BCUT2D eigenvalue weighted by Gasteiger charge is -2.35. The van der Waals surface area contributed by atoms with Crippen molar-refractivity contribution in [2.45, 2.75) is 0 Å². The average molecular weight is 410 g/mol. The van der Waals surface area contributed by atoms with E-state index in [0.29, 0.717) is 18.7 Å². The van der Waals surface area contributed by atoms with Crippen molar-refractivity contribution in [1.29, 1.82) is 0 Å². The highest BCUT2D eigenvalue weighted by atomic mass is 16.2. The van der Waals surface area contributed by atoms with E-state index in [-0.39, 0.29) is 5.91 Å². The van der Waals surface area contributed by atoms with Gasteiger partial charge in [-0.2, -0.15) is 5.10 Å². The molecule has 4 aromatic rings. The van der Waals surface area contributed by atoms with E-state index in [9.17, 15) is 4.79 Å². The number of rotatable bonds is 4. The number of para-hydroxylation sites is 1. The number of benzene rings is 1. The van der Waals surface area contributed by atoms with Gasteiger partial charge in [-0.05, 0) is 36.4 Å². The zero-order valence-corrected chi connectivity index (χ0v) is 17.0. The van der Waals surface area contributed by atoms with E-state index in [2.05, 4.69) is 20.0 Å². The summed E-state index contributed by atoms with van der Waals surface area (Å²) in [6, 6.07) is 19.5. The first kappa shape index (κ1) is 19.0. The number of piperazine rings is 1. The topological polar surface area (TPSA) is 67.2 Å². The monoisotopic (exact) mass is 410 g/mol. The Hall–Kier alpha value is -4.00. The summed E-state index contributed by atoms with van der Waals surface area (Å²) in [7, 11) is 0. The summed E-state index contributed by atoms with van der Waals surface area (Å²) in [5.41, 5.74) is 3.29. The average Bonchev–Trinajstić information content (AvgIpc) is 3.35. The van der Waals surface area contributed by atoms with Crippen LogP contribution in [-0.4, -0.2) is 56.7 Å². The van der Waals surface area contributed by atoms with Crippen LogP contribution in [0.3, 0.4) is 0 Å². The van der Waals surface area contributed by atoms with Crippen molar-refractivity contribution in [3.63, 3.8) is 0 Å². The second kappa shape index (κ2) is 8.39. The minimum atomic E-state index is 0.0136. The number of nitrogens with zero attached hydrogens (tertiary/aromatic N) is 6. The van der Waals surface area contributed by atoms with Crippen LogP contribution in [0, 0.1) is 0 Å².